The zero-order valence-corrected chi connectivity index (χ0v) is 38.3. The van der Waals surface area contributed by atoms with Crippen molar-refractivity contribution < 1.29 is 42.6 Å². The van der Waals surface area contributed by atoms with Gasteiger partial charge in [-0.3, -0.25) is 39.3 Å². The van der Waals surface area contributed by atoms with Crippen LogP contribution in [0.2, 0.25) is 0 Å². The maximum atomic E-state index is 14.0. The maximum Gasteiger partial charge on any atom is 0.259 e. The Morgan fingerprint density at radius 1 is 0.826 bits per heavy atom. The molecule has 3 fully saturated rings. The molecule has 5 amide bonds. The predicted octanol–water partition coefficient (Wildman–Crippen LogP) is 6.63. The lowest BCUT2D eigenvalue weighted by Crippen LogP contribution is -2.53. The molecule has 0 spiro atoms. The number of aliphatic hydroxyl groups is 1. The highest BCUT2D eigenvalue weighted by atomic mass is 19.1. The van der Waals surface area contributed by atoms with E-state index in [1.807, 2.05) is 41.3 Å². The lowest BCUT2D eigenvalue weighted by Gasteiger charge is -2.36. The Balaban J connectivity index is 0.736. The Labute approximate surface area is 398 Å². The average Bonchev–Trinajstić information content (AvgIpc) is 3.85. The normalized spacial score (nSPS) is 18.7. The van der Waals surface area contributed by atoms with E-state index < -0.39 is 35.7 Å². The molecule has 5 heterocycles. The molecule has 0 radical (unpaired) electrons. The minimum absolute atomic E-state index is 0.103. The first-order valence-corrected chi connectivity index (χ1v) is 23.9. The van der Waals surface area contributed by atoms with Crippen LogP contribution in [-0.2, 0) is 25.5 Å². The first-order valence-electron chi connectivity index (χ1n) is 23.9. The van der Waals surface area contributed by atoms with E-state index in [2.05, 4.69) is 36.4 Å². The summed E-state index contributed by atoms with van der Waals surface area (Å²) in [5.74, 6) is -2.55. The van der Waals surface area contributed by atoms with Crippen LogP contribution < -0.4 is 26.2 Å². The Hall–Kier alpha value is -6.92. The number of ether oxygens (including phenoxy) is 1. The van der Waals surface area contributed by atoms with E-state index in [0.717, 1.165) is 62.3 Å². The van der Waals surface area contributed by atoms with Gasteiger partial charge in [0.05, 0.1) is 16.6 Å². The van der Waals surface area contributed by atoms with Gasteiger partial charge in [0.25, 0.3) is 11.8 Å². The van der Waals surface area contributed by atoms with Crippen molar-refractivity contribution in [3.8, 4) is 0 Å². The molecule has 18 heteroatoms. The quantitative estimate of drug-likeness (QED) is 0.0432. The summed E-state index contributed by atoms with van der Waals surface area (Å²) in [7, 11) is 0. The van der Waals surface area contributed by atoms with Crippen molar-refractivity contribution in [1.29, 1.82) is 0 Å². The van der Waals surface area contributed by atoms with E-state index in [9.17, 15) is 37.9 Å². The number of piperazine rings is 1. The lowest BCUT2D eigenvalue weighted by atomic mass is 10.0. The molecule has 6 N–H and O–H groups in total. The van der Waals surface area contributed by atoms with Gasteiger partial charge in [-0.15, -0.1) is 0 Å². The van der Waals surface area contributed by atoms with Crippen molar-refractivity contribution in [3.63, 3.8) is 0 Å². The summed E-state index contributed by atoms with van der Waals surface area (Å²) in [6.45, 7) is 4.34. The number of aromatic nitrogens is 2. The van der Waals surface area contributed by atoms with Crippen LogP contribution in [0.4, 0.5) is 31.7 Å². The molecule has 3 saturated heterocycles. The largest absolute Gasteiger partial charge is 0.384 e. The molecular formula is C51H57F2N9O7. The molecule has 69 heavy (non-hydrogen) atoms. The van der Waals surface area contributed by atoms with E-state index >= 15 is 0 Å². The Morgan fingerprint density at radius 3 is 2.38 bits per heavy atom. The van der Waals surface area contributed by atoms with Gasteiger partial charge in [0, 0.05) is 98.9 Å². The minimum Gasteiger partial charge on any atom is -0.384 e. The predicted molar refractivity (Wildman–Crippen MR) is 256 cm³/mol. The van der Waals surface area contributed by atoms with Crippen LogP contribution in [0.5, 0.6) is 0 Å². The summed E-state index contributed by atoms with van der Waals surface area (Å²) < 4.78 is 33.4. The topological polar surface area (TPSA) is 201 Å². The molecule has 0 bridgehead atoms. The third kappa shape index (κ3) is 10.9. The number of fused-ring (bicyclic) bond motifs is 2. The summed E-state index contributed by atoms with van der Waals surface area (Å²) in [6.07, 6.45) is 5.80. The van der Waals surface area contributed by atoms with Crippen LogP contribution in [0.15, 0.2) is 72.8 Å². The van der Waals surface area contributed by atoms with E-state index in [1.165, 1.54) is 17.0 Å². The molecule has 0 aliphatic carbocycles. The highest BCUT2D eigenvalue weighted by Crippen LogP contribution is 2.39. The molecule has 0 saturated carbocycles. The number of amides is 5. The summed E-state index contributed by atoms with van der Waals surface area (Å²) in [5.41, 5.74) is 5.47. The van der Waals surface area contributed by atoms with Crippen LogP contribution >= 0.6 is 0 Å². The van der Waals surface area contributed by atoms with Gasteiger partial charge in [-0.05, 0) is 98.2 Å². The lowest BCUT2D eigenvalue weighted by molar-refractivity contribution is -0.139. The zero-order chi connectivity index (χ0) is 48.0. The summed E-state index contributed by atoms with van der Waals surface area (Å²) in [6, 6.07) is 19.2. The van der Waals surface area contributed by atoms with Crippen LogP contribution in [0.3, 0.4) is 0 Å². The summed E-state index contributed by atoms with van der Waals surface area (Å²) >= 11 is 0. The third-order valence-electron chi connectivity index (χ3n) is 13.5. The molecule has 2 unspecified atom stereocenters. The number of carbonyl (C=O) groups excluding carboxylic acids is 5. The number of hydrogen-bond acceptors (Lipinski definition) is 11. The summed E-state index contributed by atoms with van der Waals surface area (Å²) in [5, 5.41) is 31.2. The van der Waals surface area contributed by atoms with E-state index in [0.29, 0.717) is 109 Å². The fourth-order valence-corrected chi connectivity index (χ4v) is 9.85. The molecule has 4 aliphatic rings. The smallest absolute Gasteiger partial charge is 0.259 e. The van der Waals surface area contributed by atoms with E-state index in [-0.39, 0.29) is 36.6 Å². The van der Waals surface area contributed by atoms with Gasteiger partial charge in [0.1, 0.15) is 17.7 Å². The highest BCUT2D eigenvalue weighted by molar-refractivity contribution is 6.11. The number of carbonyl (C=O) groups is 5. The Morgan fingerprint density at radius 2 is 1.59 bits per heavy atom. The second kappa shape index (κ2) is 21.2. The zero-order valence-electron chi connectivity index (χ0n) is 38.3. The Bertz CT molecular complexity index is 2710. The molecule has 2 atom stereocenters. The molecule has 1 aromatic heterocycles. The van der Waals surface area contributed by atoms with Crippen LogP contribution in [0, 0.1) is 11.6 Å². The number of halogens is 2. The number of benzene rings is 4. The van der Waals surface area contributed by atoms with Gasteiger partial charge >= 0.3 is 0 Å². The Kier molecular flexibility index (Phi) is 14.5. The number of hydrogen-bond donors (Lipinski definition) is 6. The van der Waals surface area contributed by atoms with Crippen molar-refractivity contribution in [2.45, 2.75) is 88.9 Å². The van der Waals surface area contributed by atoms with Crippen molar-refractivity contribution >= 4 is 63.3 Å². The monoisotopic (exact) mass is 945 g/mol. The fraction of sp³-hybridized carbons (Fsp3) is 0.412. The highest BCUT2D eigenvalue weighted by Gasteiger charge is 2.45. The number of aliphatic hydroxyl groups excluding tert-OH is 1. The summed E-state index contributed by atoms with van der Waals surface area (Å²) in [4.78, 5) is 70.2. The first-order chi connectivity index (χ1) is 33.5. The van der Waals surface area contributed by atoms with Gasteiger partial charge < -0.3 is 35.6 Å². The van der Waals surface area contributed by atoms with Gasteiger partial charge in [0.15, 0.2) is 12.0 Å². The molecule has 9 rings (SSSR count). The number of imide groups is 1. The van der Waals surface area contributed by atoms with Crippen molar-refractivity contribution in [3.05, 3.63) is 112 Å². The van der Waals surface area contributed by atoms with E-state index in [4.69, 9.17) is 4.74 Å². The number of anilines is 4. The molecule has 5 aromatic rings. The van der Waals surface area contributed by atoms with Crippen molar-refractivity contribution in [2.24, 2.45) is 0 Å². The number of rotatable bonds is 17. The minimum atomic E-state index is -1.27. The maximum absolute atomic E-state index is 14.0. The fourth-order valence-electron chi connectivity index (χ4n) is 9.85. The molecule has 4 aliphatic heterocycles. The van der Waals surface area contributed by atoms with Gasteiger partial charge in [-0.1, -0.05) is 37.5 Å². The van der Waals surface area contributed by atoms with Gasteiger partial charge in [-0.2, -0.15) is 5.10 Å². The second-order valence-electron chi connectivity index (χ2n) is 18.3. The number of piperidine rings is 1. The number of aromatic amines is 1. The second-order valence-corrected chi connectivity index (χ2v) is 18.3. The van der Waals surface area contributed by atoms with Gasteiger partial charge in [-0.25, -0.2) is 8.78 Å². The number of H-pyrrole nitrogens is 1. The standard InChI is InChI=1S/C51H57F2N9O7/c52-33-26-32(27-34(53)29-33)25-31-10-13-40-39(28-31)47(59-58-40)57-48(65)37-12-11-36(30-42(37)55-35-16-23-69-24-17-35)60-19-21-61(22-20-60)45(64)9-4-2-1-3-5-18-54-41-8-6-7-38-46(41)51(68)62(50(38)67)43-14-15-44(63)56-49(43)66/h6-8,10-13,26-30,35,43,50,54-55,67H,1-5,9,14-25H2,(H,56,63,66)(H2,57,58,59,65). The molecule has 4 aromatic carbocycles. The van der Waals surface area contributed by atoms with Crippen LogP contribution in [-0.4, -0.2) is 113 Å². The first kappa shape index (κ1) is 47.2. The number of nitrogens with zero attached hydrogens (tertiary/aromatic N) is 4. The number of unbranched alkanes of at least 4 members (excludes halogenated alkanes) is 4. The van der Waals surface area contributed by atoms with Crippen LogP contribution in [0.1, 0.15) is 108 Å². The third-order valence-corrected chi connectivity index (χ3v) is 13.5. The molecule has 362 valence electrons. The van der Waals surface area contributed by atoms with E-state index in [1.54, 1.807) is 18.2 Å². The van der Waals surface area contributed by atoms with Crippen LogP contribution in [0.25, 0.3) is 10.9 Å². The molecular weight excluding hydrogens is 889 g/mol. The molecule has 16 nitrogen and oxygen atoms in total. The number of nitrogens with one attached hydrogen (secondary N) is 5. The average molecular weight is 946 g/mol. The SMILES string of the molecule is O=C1CCC(N2C(=O)c3c(NCCCCCCCC(=O)N4CCN(c5ccc(C(=O)Nc6n[nH]c7ccc(Cc8cc(F)cc(F)c8)cc67)c(NC6CCOCC6)c5)CC4)cccc3C2O)C(=O)N1. The van der Waals surface area contributed by atoms with Crippen molar-refractivity contribution in [1.82, 2.24) is 25.3 Å². The van der Waals surface area contributed by atoms with Crippen molar-refractivity contribution in [2.75, 3.05) is 66.8 Å². The van der Waals surface area contributed by atoms with Gasteiger partial charge in [0.2, 0.25) is 17.7 Å².